The van der Waals surface area contributed by atoms with E-state index in [-0.39, 0.29) is 0 Å². The highest BCUT2D eigenvalue weighted by Crippen LogP contribution is 2.52. The lowest BCUT2D eigenvalue weighted by molar-refractivity contribution is 0.106. The van der Waals surface area contributed by atoms with Crippen LogP contribution in [0, 0.1) is 11.8 Å². The van der Waals surface area contributed by atoms with Gasteiger partial charge in [0.2, 0.25) is 0 Å². The van der Waals surface area contributed by atoms with E-state index in [4.69, 9.17) is 0 Å². The molecule has 2 aliphatic rings. The molecule has 2 atom stereocenters. The molecule has 2 heteroatoms. The summed E-state index contributed by atoms with van der Waals surface area (Å²) < 4.78 is 0. The van der Waals surface area contributed by atoms with E-state index < -0.39 is 0 Å². The number of anilines is 6. The van der Waals surface area contributed by atoms with Crippen molar-refractivity contribution >= 4 is 44.9 Å². The second kappa shape index (κ2) is 19.5. The molecule has 2 nitrogen and oxygen atoms in total. The fraction of sp³-hybridized carbons (Fsp3) is 0.159. The lowest BCUT2D eigenvalue weighted by atomic mass is 9.57. The summed E-state index contributed by atoms with van der Waals surface area (Å²) in [5.41, 5.74) is 18.2. The van der Waals surface area contributed by atoms with Crippen LogP contribution in [0.25, 0.3) is 55.3 Å². The van der Waals surface area contributed by atoms with Gasteiger partial charge < -0.3 is 9.80 Å². The van der Waals surface area contributed by atoms with E-state index in [0.29, 0.717) is 5.41 Å². The zero-order valence-corrected chi connectivity index (χ0v) is 40.7. The smallest absolute Gasteiger partial charge is 0.0468 e. The van der Waals surface area contributed by atoms with Crippen LogP contribution in [-0.4, -0.2) is 0 Å². The molecule has 2 fully saturated rings. The van der Waals surface area contributed by atoms with Crippen molar-refractivity contribution in [3.05, 3.63) is 254 Å². The average molecular weight is 917 g/mol. The van der Waals surface area contributed by atoms with Crippen molar-refractivity contribution in [3.8, 4) is 44.5 Å². The number of benzene rings is 10. The molecule has 10 aromatic carbocycles. The molecule has 0 aliphatic heterocycles. The van der Waals surface area contributed by atoms with E-state index in [9.17, 15) is 0 Å². The molecule has 346 valence electrons. The van der Waals surface area contributed by atoms with Crippen molar-refractivity contribution in [2.75, 3.05) is 9.80 Å². The third-order valence-electron chi connectivity index (χ3n) is 15.9. The zero-order valence-electron chi connectivity index (χ0n) is 40.7. The molecule has 0 heterocycles. The van der Waals surface area contributed by atoms with Gasteiger partial charge in [0.25, 0.3) is 0 Å². The lowest BCUT2D eigenvalue weighted by Crippen LogP contribution is -2.38. The van der Waals surface area contributed by atoms with Crippen molar-refractivity contribution in [2.45, 2.75) is 57.3 Å². The first-order chi connectivity index (χ1) is 35.1. The molecule has 2 aliphatic carbocycles. The Balaban J connectivity index is 0.889. The van der Waals surface area contributed by atoms with Crippen molar-refractivity contribution in [3.63, 3.8) is 0 Å². The maximum atomic E-state index is 2.46. The highest BCUT2D eigenvalue weighted by Gasteiger charge is 2.42. The average Bonchev–Trinajstić information content (AvgIpc) is 3.44. The molecule has 10 aromatic rings. The van der Waals surface area contributed by atoms with Crippen LogP contribution in [0.2, 0.25) is 0 Å². The predicted octanol–water partition coefficient (Wildman–Crippen LogP) is 19.7. The van der Waals surface area contributed by atoms with Gasteiger partial charge in [-0.05, 0) is 177 Å². The minimum absolute atomic E-state index is 0.291. The SMILES string of the molecule is CCC1(c2ccc(N(c3ccc(-c4ccc(N(c5ccc(-c6ccccc6)cc5)c5ccc(-c6ccccc6)c(-c6ccccc6)c5)cc4)cc3)c3ccc4ccccc4c3)cc2)CC2CCCC(C2)C1. The third-order valence-corrected chi connectivity index (χ3v) is 15.9. The van der Waals surface area contributed by atoms with Gasteiger partial charge in [-0.15, -0.1) is 0 Å². The Morgan fingerprint density at radius 3 is 1.25 bits per heavy atom. The summed E-state index contributed by atoms with van der Waals surface area (Å²) in [5, 5.41) is 2.49. The molecule has 0 amide bonds. The topological polar surface area (TPSA) is 6.48 Å². The standard InChI is InChI=1S/C69H60N2/c1-2-69(48-50-15-14-16-51(45-50)49-69)60-32-41-64(42-33-60)70(65-40-31-53-19-12-13-24-59(53)46-65)61-36-27-55(28-37-61)56-29-38-63(39-30-56)71(62-34-25-54(26-35-62)52-17-6-3-7-18-52)66-43-44-67(57-20-8-4-9-21-57)68(47-66)58-22-10-5-11-23-58/h3-13,17-44,46-47,50-51H,2,14-16,45,48-49H2,1H3. The van der Waals surface area contributed by atoms with Crippen LogP contribution in [-0.2, 0) is 5.41 Å². The van der Waals surface area contributed by atoms with E-state index in [1.165, 1.54) is 111 Å². The molecule has 2 saturated carbocycles. The quantitative estimate of drug-likeness (QED) is 0.120. The van der Waals surface area contributed by atoms with Crippen molar-refractivity contribution in [1.29, 1.82) is 0 Å². The van der Waals surface area contributed by atoms with Crippen LogP contribution in [0.5, 0.6) is 0 Å². The van der Waals surface area contributed by atoms with Crippen LogP contribution in [0.4, 0.5) is 34.1 Å². The Morgan fingerprint density at radius 1 is 0.352 bits per heavy atom. The van der Waals surface area contributed by atoms with Crippen molar-refractivity contribution in [2.24, 2.45) is 11.8 Å². The van der Waals surface area contributed by atoms with Gasteiger partial charge in [0.05, 0.1) is 0 Å². The fourth-order valence-electron chi connectivity index (χ4n) is 12.3. The Kier molecular flexibility index (Phi) is 12.1. The molecule has 0 radical (unpaired) electrons. The molecule has 2 bridgehead atoms. The van der Waals surface area contributed by atoms with E-state index >= 15 is 0 Å². The summed E-state index contributed by atoms with van der Waals surface area (Å²) >= 11 is 0. The minimum atomic E-state index is 0.291. The zero-order chi connectivity index (χ0) is 47.6. The molecule has 0 saturated heterocycles. The minimum Gasteiger partial charge on any atom is -0.310 e. The number of fused-ring (bicyclic) bond motifs is 3. The lowest BCUT2D eigenvalue weighted by Gasteiger charge is -2.47. The van der Waals surface area contributed by atoms with Gasteiger partial charge in [0.1, 0.15) is 0 Å². The highest BCUT2D eigenvalue weighted by molar-refractivity contribution is 5.91. The molecule has 0 N–H and O–H groups in total. The molecule has 12 rings (SSSR count). The Morgan fingerprint density at radius 2 is 0.746 bits per heavy atom. The predicted molar refractivity (Wildman–Crippen MR) is 302 cm³/mol. The van der Waals surface area contributed by atoms with Crippen LogP contribution < -0.4 is 9.80 Å². The van der Waals surface area contributed by atoms with Gasteiger partial charge in [-0.25, -0.2) is 0 Å². The largest absolute Gasteiger partial charge is 0.310 e. The molecule has 2 unspecified atom stereocenters. The summed E-state index contributed by atoms with van der Waals surface area (Å²) in [6, 6.07) is 91.5. The number of nitrogens with zero attached hydrogens (tertiary/aromatic N) is 2. The summed E-state index contributed by atoms with van der Waals surface area (Å²) in [7, 11) is 0. The van der Waals surface area contributed by atoms with Gasteiger partial charge >= 0.3 is 0 Å². The van der Waals surface area contributed by atoms with Gasteiger partial charge in [-0.2, -0.15) is 0 Å². The van der Waals surface area contributed by atoms with Crippen LogP contribution in [0.1, 0.15) is 57.4 Å². The molecule has 71 heavy (non-hydrogen) atoms. The highest BCUT2D eigenvalue weighted by atomic mass is 15.1. The van der Waals surface area contributed by atoms with Gasteiger partial charge in [-0.1, -0.05) is 202 Å². The molecular formula is C69H60N2. The number of hydrogen-bond donors (Lipinski definition) is 0. The van der Waals surface area contributed by atoms with Crippen LogP contribution in [0.15, 0.2) is 249 Å². The van der Waals surface area contributed by atoms with Crippen molar-refractivity contribution < 1.29 is 0 Å². The van der Waals surface area contributed by atoms with Gasteiger partial charge in [0, 0.05) is 34.1 Å². The maximum absolute atomic E-state index is 2.46. The number of rotatable bonds is 12. The second-order valence-corrected chi connectivity index (χ2v) is 20.2. The van der Waals surface area contributed by atoms with Crippen molar-refractivity contribution in [1.82, 2.24) is 0 Å². The van der Waals surface area contributed by atoms with E-state index in [2.05, 4.69) is 265 Å². The van der Waals surface area contributed by atoms with Gasteiger partial charge in [-0.3, -0.25) is 0 Å². The molecule has 0 spiro atoms. The first kappa shape index (κ1) is 44.3. The molecular weight excluding hydrogens is 857 g/mol. The third kappa shape index (κ3) is 8.96. The summed E-state index contributed by atoms with van der Waals surface area (Å²) in [4.78, 5) is 4.82. The summed E-state index contributed by atoms with van der Waals surface area (Å²) in [6.45, 7) is 2.43. The Labute approximate surface area is 420 Å². The van der Waals surface area contributed by atoms with E-state index in [1.807, 2.05) is 0 Å². The number of hydrogen-bond acceptors (Lipinski definition) is 2. The normalized spacial score (nSPS) is 17.4. The fourth-order valence-corrected chi connectivity index (χ4v) is 12.3. The monoisotopic (exact) mass is 916 g/mol. The summed E-state index contributed by atoms with van der Waals surface area (Å²) in [6.07, 6.45) is 9.58. The van der Waals surface area contributed by atoms with Crippen LogP contribution in [0.3, 0.4) is 0 Å². The maximum Gasteiger partial charge on any atom is 0.0468 e. The van der Waals surface area contributed by atoms with Crippen LogP contribution >= 0.6 is 0 Å². The second-order valence-electron chi connectivity index (χ2n) is 20.2. The van der Waals surface area contributed by atoms with E-state index in [0.717, 1.165) is 40.3 Å². The Bertz CT molecular complexity index is 3370. The van der Waals surface area contributed by atoms with E-state index in [1.54, 1.807) is 0 Å². The summed E-state index contributed by atoms with van der Waals surface area (Å²) in [5.74, 6) is 1.77. The first-order valence-electron chi connectivity index (χ1n) is 25.9. The Hall–Kier alpha value is -7.94. The first-order valence-corrected chi connectivity index (χ1v) is 25.9. The van der Waals surface area contributed by atoms with Gasteiger partial charge in [0.15, 0.2) is 0 Å². The molecule has 0 aromatic heterocycles.